The molecule has 0 rings (SSSR count). The van der Waals surface area contributed by atoms with Crippen LogP contribution in [0.15, 0.2) is 0 Å². The summed E-state index contributed by atoms with van der Waals surface area (Å²) in [7, 11) is 0. The Hall–Kier alpha value is -0.480. The van der Waals surface area contributed by atoms with Crippen LogP contribution in [0.1, 0.15) is 6.42 Å². The number of carbonyl (C=O) groups is 2. The summed E-state index contributed by atoms with van der Waals surface area (Å²) < 4.78 is 93.0. The van der Waals surface area contributed by atoms with Crippen LogP contribution in [0.5, 0.6) is 0 Å². The maximum atomic E-state index is 12.1. The largest absolute Gasteiger partial charge is 0.461 e. The maximum absolute atomic E-state index is 12.1. The van der Waals surface area contributed by atoms with Gasteiger partial charge in [-0.05, 0) is 0 Å². The molecule has 0 aromatic carbocycles. The molecule has 0 aromatic heterocycles. The van der Waals surface area contributed by atoms with E-state index in [9.17, 15) is 44.7 Å². The minimum Gasteiger partial charge on any atom is -0.292 e. The summed E-state index contributed by atoms with van der Waals surface area (Å²) in [5.41, 5.74) is 0. The molecule has 0 aliphatic rings. The zero-order chi connectivity index (χ0) is 13.4. The van der Waals surface area contributed by atoms with Gasteiger partial charge in [-0.25, -0.2) is 0 Å². The second kappa shape index (κ2) is 5.44. The summed E-state index contributed by atoms with van der Waals surface area (Å²) in [4.78, 5) is 20.2. The van der Waals surface area contributed by atoms with Crippen molar-refractivity contribution in [1.29, 1.82) is 0 Å². The number of Topliss-reactive ketones (excluding diaryl/α,β-unsaturated/α-hetero) is 2. The molecule has 0 amide bonds. The van der Waals surface area contributed by atoms with Crippen molar-refractivity contribution in [3.8, 4) is 0 Å². The van der Waals surface area contributed by atoms with Crippen LogP contribution in [0.25, 0.3) is 0 Å². The molecule has 0 unspecified atom stereocenters. The van der Waals surface area contributed by atoms with Gasteiger partial charge in [-0.2, -0.15) is 35.1 Å². The van der Waals surface area contributed by atoms with Crippen molar-refractivity contribution in [1.82, 2.24) is 0 Å². The second-order valence-electron chi connectivity index (χ2n) is 2.59. The van der Waals surface area contributed by atoms with E-state index in [4.69, 9.17) is 0 Å². The van der Waals surface area contributed by atoms with E-state index in [1.807, 2.05) is 0 Å². The Labute approximate surface area is 104 Å². The first-order valence-corrected chi connectivity index (χ1v) is 3.38. The predicted molar refractivity (Wildman–Crippen MR) is 31.7 cm³/mol. The van der Waals surface area contributed by atoms with Crippen molar-refractivity contribution in [2.75, 3.05) is 0 Å². The molecule has 0 bridgehead atoms. The SMILES string of the molecule is O=C(CC(=O)C(F)(F)C(F)(F)F)C(F)(F)F.[Ag]. The van der Waals surface area contributed by atoms with E-state index in [0.29, 0.717) is 0 Å². The van der Waals surface area contributed by atoms with Gasteiger partial charge in [0.1, 0.15) is 0 Å². The third-order valence-electron chi connectivity index (χ3n) is 1.34. The number of hydrogen-bond acceptors (Lipinski definition) is 2. The van der Waals surface area contributed by atoms with Crippen molar-refractivity contribution in [2.45, 2.75) is 24.7 Å². The number of rotatable bonds is 3. The molecule has 1 radical (unpaired) electrons. The molecule has 0 aliphatic carbocycles. The molecule has 11 heteroatoms. The second-order valence-corrected chi connectivity index (χ2v) is 2.59. The Morgan fingerprint density at radius 1 is 0.765 bits per heavy atom. The smallest absolute Gasteiger partial charge is 0.292 e. The van der Waals surface area contributed by atoms with E-state index < -0.39 is 36.3 Å². The zero-order valence-electron chi connectivity index (χ0n) is 7.35. The third-order valence-corrected chi connectivity index (χ3v) is 1.34. The summed E-state index contributed by atoms with van der Waals surface area (Å²) in [5.74, 6) is -12.1. The Morgan fingerprint density at radius 3 is 1.35 bits per heavy atom. The number of carbonyl (C=O) groups excluding carboxylic acids is 2. The van der Waals surface area contributed by atoms with Gasteiger partial charge < -0.3 is 0 Å². The number of hydrogen-bond donors (Lipinski definition) is 0. The Bertz CT molecular complexity index is 304. The molecule has 0 atom stereocenters. The summed E-state index contributed by atoms with van der Waals surface area (Å²) in [6, 6.07) is 0. The quantitative estimate of drug-likeness (QED) is 0.437. The molecule has 0 heterocycles. The minimum atomic E-state index is -6.32. The van der Waals surface area contributed by atoms with Crippen LogP contribution in [0, 0.1) is 0 Å². The van der Waals surface area contributed by atoms with Crippen LogP contribution in [-0.4, -0.2) is 29.8 Å². The Balaban J connectivity index is 0. The van der Waals surface area contributed by atoms with Crippen molar-refractivity contribution in [2.24, 2.45) is 0 Å². The normalized spacial score (nSPS) is 12.9. The van der Waals surface area contributed by atoms with E-state index in [1.165, 1.54) is 0 Å². The van der Waals surface area contributed by atoms with Crippen LogP contribution >= 0.6 is 0 Å². The molecule has 0 saturated carbocycles. The Kier molecular flexibility index (Phi) is 6.04. The fraction of sp³-hybridized carbons (Fsp3) is 0.667. The van der Waals surface area contributed by atoms with E-state index >= 15 is 0 Å². The molecule has 2 nitrogen and oxygen atoms in total. The van der Waals surface area contributed by atoms with Gasteiger partial charge in [-0.3, -0.25) is 9.59 Å². The molecule has 0 N–H and O–H groups in total. The van der Waals surface area contributed by atoms with E-state index in [0.717, 1.165) is 0 Å². The summed E-state index contributed by atoms with van der Waals surface area (Å²) in [5, 5.41) is 0. The van der Waals surface area contributed by atoms with Crippen molar-refractivity contribution in [3.63, 3.8) is 0 Å². The van der Waals surface area contributed by atoms with Gasteiger partial charge in [0.2, 0.25) is 11.6 Å². The van der Waals surface area contributed by atoms with Gasteiger partial charge in [0.25, 0.3) is 0 Å². The van der Waals surface area contributed by atoms with E-state index in [2.05, 4.69) is 0 Å². The topological polar surface area (TPSA) is 34.1 Å². The van der Waals surface area contributed by atoms with Crippen LogP contribution in [0.4, 0.5) is 35.1 Å². The standard InChI is InChI=1S/C6H2F8O2.Ag/c7-4(8,6(12,13)14)2(15)1-3(16)5(9,10)11;/h1H2;. The van der Waals surface area contributed by atoms with Crippen molar-refractivity contribution < 1.29 is 67.1 Å². The van der Waals surface area contributed by atoms with Gasteiger partial charge in [-0.1, -0.05) is 0 Å². The molecular formula is C6H2AgF8O2. The molecule has 0 aromatic rings. The monoisotopic (exact) mass is 365 g/mol. The number of halogens is 8. The molecule has 0 fully saturated rings. The Morgan fingerprint density at radius 2 is 1.12 bits per heavy atom. The van der Waals surface area contributed by atoms with Crippen LogP contribution in [0.2, 0.25) is 0 Å². The number of ketones is 2. The number of alkyl halides is 8. The van der Waals surface area contributed by atoms with Gasteiger partial charge in [-0.15, -0.1) is 0 Å². The zero-order valence-corrected chi connectivity index (χ0v) is 8.83. The molecule has 17 heavy (non-hydrogen) atoms. The van der Waals surface area contributed by atoms with Gasteiger partial charge >= 0.3 is 18.3 Å². The van der Waals surface area contributed by atoms with Gasteiger partial charge in [0, 0.05) is 22.4 Å². The molecule has 0 saturated heterocycles. The molecule has 105 valence electrons. The van der Waals surface area contributed by atoms with Crippen LogP contribution in [-0.2, 0) is 32.0 Å². The molecular weight excluding hydrogens is 364 g/mol. The maximum Gasteiger partial charge on any atom is 0.461 e. The van der Waals surface area contributed by atoms with E-state index in [1.54, 1.807) is 0 Å². The van der Waals surface area contributed by atoms with Gasteiger partial charge in [0.05, 0.1) is 6.42 Å². The first-order chi connectivity index (χ1) is 6.80. The fourth-order valence-corrected chi connectivity index (χ4v) is 0.515. The predicted octanol–water partition coefficient (Wildman–Crippen LogP) is 2.27. The summed E-state index contributed by atoms with van der Waals surface area (Å²) in [6.45, 7) is 0. The van der Waals surface area contributed by atoms with Gasteiger partial charge in [0.15, 0.2) is 0 Å². The van der Waals surface area contributed by atoms with Crippen molar-refractivity contribution in [3.05, 3.63) is 0 Å². The van der Waals surface area contributed by atoms with E-state index in [-0.39, 0.29) is 22.4 Å². The van der Waals surface area contributed by atoms with Crippen LogP contribution < -0.4 is 0 Å². The minimum absolute atomic E-state index is 0. The van der Waals surface area contributed by atoms with Crippen LogP contribution in [0.3, 0.4) is 0 Å². The average Bonchev–Trinajstić information content (AvgIpc) is 1.99. The summed E-state index contributed by atoms with van der Waals surface area (Å²) in [6.07, 6.45) is -14.5. The van der Waals surface area contributed by atoms with Crippen molar-refractivity contribution >= 4 is 11.6 Å². The average molecular weight is 366 g/mol. The first kappa shape index (κ1) is 18.9. The molecule has 0 aliphatic heterocycles. The fourth-order valence-electron chi connectivity index (χ4n) is 0.515. The first-order valence-electron chi connectivity index (χ1n) is 3.38. The molecule has 0 spiro atoms. The third kappa shape index (κ3) is 4.72. The summed E-state index contributed by atoms with van der Waals surface area (Å²) >= 11 is 0.